The van der Waals surface area contributed by atoms with Crippen LogP contribution in [0.5, 0.6) is 0 Å². The zero-order chi connectivity index (χ0) is 23.4. The SMILES string of the molecule is O=C(NCc1ccc(Cn2cccn2)cc1)N1CCN(c2ncc(C(F)(F)F)cc2Cl)CC1. The molecule has 4 rings (SSSR count). The van der Waals surface area contributed by atoms with Crippen LogP contribution in [-0.4, -0.2) is 51.9 Å². The molecule has 1 N–H and O–H groups in total. The number of carbonyl (C=O) groups is 1. The molecule has 1 saturated heterocycles. The van der Waals surface area contributed by atoms with Crippen LogP contribution >= 0.6 is 11.6 Å². The number of piperazine rings is 1. The first-order valence-electron chi connectivity index (χ1n) is 10.4. The fraction of sp³-hybridized carbons (Fsp3) is 0.318. The van der Waals surface area contributed by atoms with Crippen molar-refractivity contribution in [2.75, 3.05) is 31.1 Å². The van der Waals surface area contributed by atoms with Crippen LogP contribution in [0.15, 0.2) is 55.0 Å². The molecule has 11 heteroatoms. The molecule has 174 valence electrons. The molecule has 0 saturated carbocycles. The van der Waals surface area contributed by atoms with Crippen molar-refractivity contribution in [1.82, 2.24) is 25.0 Å². The Balaban J connectivity index is 1.26. The van der Waals surface area contributed by atoms with E-state index in [2.05, 4.69) is 15.4 Å². The van der Waals surface area contributed by atoms with Gasteiger partial charge in [0.05, 0.1) is 17.1 Å². The summed E-state index contributed by atoms with van der Waals surface area (Å²) in [4.78, 5) is 19.9. The molecule has 0 radical (unpaired) electrons. The van der Waals surface area contributed by atoms with E-state index < -0.39 is 11.7 Å². The third kappa shape index (κ3) is 5.75. The molecule has 3 aromatic rings. The van der Waals surface area contributed by atoms with E-state index in [4.69, 9.17) is 11.6 Å². The Labute approximate surface area is 193 Å². The van der Waals surface area contributed by atoms with E-state index in [0.29, 0.717) is 45.1 Å². The predicted octanol–water partition coefficient (Wildman–Crippen LogP) is 4.03. The third-order valence-electron chi connectivity index (χ3n) is 5.39. The Hall–Kier alpha value is -3.27. The van der Waals surface area contributed by atoms with Gasteiger partial charge in [0.1, 0.15) is 5.82 Å². The normalized spacial score (nSPS) is 14.4. The van der Waals surface area contributed by atoms with E-state index in [1.54, 1.807) is 16.0 Å². The molecule has 1 aliphatic heterocycles. The highest BCUT2D eigenvalue weighted by atomic mass is 35.5. The van der Waals surface area contributed by atoms with Crippen molar-refractivity contribution in [2.24, 2.45) is 0 Å². The lowest BCUT2D eigenvalue weighted by Gasteiger charge is -2.35. The molecule has 0 aliphatic carbocycles. The van der Waals surface area contributed by atoms with Crippen molar-refractivity contribution in [2.45, 2.75) is 19.3 Å². The minimum atomic E-state index is -4.49. The molecule has 7 nitrogen and oxygen atoms in total. The van der Waals surface area contributed by atoms with Gasteiger partial charge < -0.3 is 15.1 Å². The zero-order valence-electron chi connectivity index (χ0n) is 17.6. The first-order valence-corrected chi connectivity index (χ1v) is 10.7. The summed E-state index contributed by atoms with van der Waals surface area (Å²) >= 11 is 6.03. The number of aromatic nitrogens is 3. The Morgan fingerprint density at radius 2 is 1.79 bits per heavy atom. The quantitative estimate of drug-likeness (QED) is 0.601. The van der Waals surface area contributed by atoms with Crippen molar-refractivity contribution in [3.63, 3.8) is 0 Å². The maximum absolute atomic E-state index is 12.8. The Morgan fingerprint density at radius 3 is 2.39 bits per heavy atom. The van der Waals surface area contributed by atoms with Crippen molar-refractivity contribution in [3.05, 3.63) is 76.7 Å². The molecule has 3 heterocycles. The molecule has 0 spiro atoms. The Kier molecular flexibility index (Phi) is 6.73. The maximum atomic E-state index is 12.8. The second-order valence-corrected chi connectivity index (χ2v) is 8.09. The summed E-state index contributed by atoms with van der Waals surface area (Å²) < 4.78 is 40.3. The number of hydrogen-bond donors (Lipinski definition) is 1. The van der Waals surface area contributed by atoms with Gasteiger partial charge in [0, 0.05) is 51.3 Å². The smallest absolute Gasteiger partial charge is 0.352 e. The first-order chi connectivity index (χ1) is 15.8. The van der Waals surface area contributed by atoms with Crippen LogP contribution in [0.4, 0.5) is 23.8 Å². The van der Waals surface area contributed by atoms with Gasteiger partial charge in [-0.3, -0.25) is 4.68 Å². The summed E-state index contributed by atoms with van der Waals surface area (Å²) in [7, 11) is 0. The molecule has 1 aliphatic rings. The summed E-state index contributed by atoms with van der Waals surface area (Å²) in [6.07, 6.45) is -0.0828. The molecular weight excluding hydrogens is 457 g/mol. The van der Waals surface area contributed by atoms with E-state index in [1.807, 2.05) is 41.2 Å². The standard InChI is InChI=1S/C22H22ClF3N6O/c23-19-12-18(22(24,25)26)14-27-20(19)30-8-10-31(11-9-30)21(33)28-13-16-2-4-17(5-3-16)15-32-7-1-6-29-32/h1-7,12,14H,8-11,13,15H2,(H,28,33). The summed E-state index contributed by atoms with van der Waals surface area (Å²) in [6, 6.07) is 10.5. The second-order valence-electron chi connectivity index (χ2n) is 7.68. The highest BCUT2D eigenvalue weighted by Crippen LogP contribution is 2.33. The topological polar surface area (TPSA) is 66.3 Å². The number of alkyl halides is 3. The highest BCUT2D eigenvalue weighted by molar-refractivity contribution is 6.33. The maximum Gasteiger partial charge on any atom is 0.417 e. The molecule has 33 heavy (non-hydrogen) atoms. The third-order valence-corrected chi connectivity index (χ3v) is 5.66. The molecular formula is C22H22ClF3N6O. The highest BCUT2D eigenvalue weighted by Gasteiger charge is 2.32. The van der Waals surface area contributed by atoms with Gasteiger partial charge in [0.15, 0.2) is 0 Å². The van der Waals surface area contributed by atoms with Crippen LogP contribution in [0.25, 0.3) is 0 Å². The van der Waals surface area contributed by atoms with Gasteiger partial charge in [-0.05, 0) is 23.3 Å². The average Bonchev–Trinajstić information content (AvgIpc) is 3.31. The fourth-order valence-electron chi connectivity index (χ4n) is 3.57. The number of nitrogens with one attached hydrogen (secondary N) is 1. The lowest BCUT2D eigenvalue weighted by atomic mass is 10.1. The largest absolute Gasteiger partial charge is 0.417 e. The van der Waals surface area contributed by atoms with Gasteiger partial charge >= 0.3 is 12.2 Å². The summed E-state index contributed by atoms with van der Waals surface area (Å²) in [6.45, 7) is 2.75. The summed E-state index contributed by atoms with van der Waals surface area (Å²) in [5.41, 5.74) is 1.20. The van der Waals surface area contributed by atoms with Gasteiger partial charge in [-0.1, -0.05) is 35.9 Å². The van der Waals surface area contributed by atoms with Gasteiger partial charge in [-0.25, -0.2) is 9.78 Å². The number of urea groups is 1. The number of pyridine rings is 1. The van der Waals surface area contributed by atoms with E-state index >= 15 is 0 Å². The van der Waals surface area contributed by atoms with Crippen molar-refractivity contribution in [1.29, 1.82) is 0 Å². The molecule has 0 unspecified atom stereocenters. The number of nitrogens with zero attached hydrogens (tertiary/aromatic N) is 5. The van der Waals surface area contributed by atoms with Gasteiger partial charge in [-0.15, -0.1) is 0 Å². The van der Waals surface area contributed by atoms with Crippen LogP contribution in [-0.2, 0) is 19.3 Å². The first kappa shape index (κ1) is 22.9. The van der Waals surface area contributed by atoms with Crippen molar-refractivity contribution in [3.8, 4) is 0 Å². The van der Waals surface area contributed by atoms with Crippen LogP contribution in [0.2, 0.25) is 5.02 Å². The number of anilines is 1. The second kappa shape index (κ2) is 9.70. The van der Waals surface area contributed by atoms with Crippen LogP contribution < -0.4 is 10.2 Å². The molecule has 2 aromatic heterocycles. The lowest BCUT2D eigenvalue weighted by Crippen LogP contribution is -2.52. The van der Waals surface area contributed by atoms with E-state index in [1.165, 1.54) is 0 Å². The van der Waals surface area contributed by atoms with E-state index in [9.17, 15) is 18.0 Å². The van der Waals surface area contributed by atoms with Gasteiger partial charge in [-0.2, -0.15) is 18.3 Å². The van der Waals surface area contributed by atoms with Gasteiger partial charge in [0.2, 0.25) is 0 Å². The average molecular weight is 479 g/mol. The van der Waals surface area contributed by atoms with Crippen LogP contribution in [0.1, 0.15) is 16.7 Å². The Morgan fingerprint density at radius 1 is 1.09 bits per heavy atom. The molecule has 1 fully saturated rings. The predicted molar refractivity (Wildman–Crippen MR) is 118 cm³/mol. The summed E-state index contributed by atoms with van der Waals surface area (Å²) in [5, 5.41) is 7.03. The molecule has 0 bridgehead atoms. The number of hydrogen-bond acceptors (Lipinski definition) is 4. The minimum Gasteiger partial charge on any atom is -0.352 e. The fourth-order valence-corrected chi connectivity index (χ4v) is 3.86. The molecule has 0 atom stereocenters. The molecule has 1 aromatic carbocycles. The van der Waals surface area contributed by atoms with Crippen molar-refractivity contribution < 1.29 is 18.0 Å². The number of halogens is 4. The van der Waals surface area contributed by atoms with Gasteiger partial charge in [0.25, 0.3) is 0 Å². The van der Waals surface area contributed by atoms with E-state index in [0.717, 1.165) is 23.4 Å². The lowest BCUT2D eigenvalue weighted by molar-refractivity contribution is -0.137. The number of rotatable bonds is 5. The number of amides is 2. The summed E-state index contributed by atoms with van der Waals surface area (Å²) in [5.74, 6) is 0.292. The molecule has 2 amide bonds. The Bertz CT molecular complexity index is 1080. The number of benzene rings is 1. The van der Waals surface area contributed by atoms with Crippen molar-refractivity contribution >= 4 is 23.4 Å². The minimum absolute atomic E-state index is 0.0567. The van der Waals surface area contributed by atoms with Crippen LogP contribution in [0.3, 0.4) is 0 Å². The number of carbonyl (C=O) groups excluding carboxylic acids is 1. The van der Waals surface area contributed by atoms with E-state index in [-0.39, 0.29) is 11.1 Å². The van der Waals surface area contributed by atoms with Crippen LogP contribution in [0, 0.1) is 0 Å². The zero-order valence-corrected chi connectivity index (χ0v) is 18.4. The monoisotopic (exact) mass is 478 g/mol.